The molecule has 0 aliphatic carbocycles. The molecule has 92 valence electrons. The second-order valence-corrected chi connectivity index (χ2v) is 7.24. The Bertz CT molecular complexity index is 697. The summed E-state index contributed by atoms with van der Waals surface area (Å²) in [6, 6.07) is 4.00. The lowest BCUT2D eigenvalue weighted by atomic mass is 10.4. The van der Waals surface area contributed by atoms with Gasteiger partial charge in [-0.2, -0.15) is 0 Å². The van der Waals surface area contributed by atoms with Crippen molar-refractivity contribution >= 4 is 49.5 Å². The predicted molar refractivity (Wildman–Crippen MR) is 75.4 cm³/mol. The molecule has 7 heteroatoms. The van der Waals surface area contributed by atoms with Crippen LogP contribution in [0.3, 0.4) is 0 Å². The van der Waals surface area contributed by atoms with Crippen LogP contribution in [0.25, 0.3) is 15.5 Å². The Kier molecular flexibility index (Phi) is 2.96. The number of imidazole rings is 1. The van der Waals surface area contributed by atoms with Crippen LogP contribution in [-0.2, 0) is 11.2 Å². The van der Waals surface area contributed by atoms with Crippen LogP contribution < -0.4 is 0 Å². The largest absolute Gasteiger partial charge is 0.481 e. The monoisotopic (exact) mass is 342 g/mol. The minimum atomic E-state index is -0.818. The van der Waals surface area contributed by atoms with Gasteiger partial charge in [-0.3, -0.25) is 9.20 Å². The third kappa shape index (κ3) is 2.21. The zero-order valence-corrected chi connectivity index (χ0v) is 12.2. The summed E-state index contributed by atoms with van der Waals surface area (Å²) in [6.07, 6.45) is 3.80. The van der Waals surface area contributed by atoms with Gasteiger partial charge in [-0.15, -0.1) is 22.7 Å². The van der Waals surface area contributed by atoms with E-state index in [0.29, 0.717) is 0 Å². The number of thiophene rings is 1. The van der Waals surface area contributed by atoms with E-state index in [-0.39, 0.29) is 6.42 Å². The van der Waals surface area contributed by atoms with Crippen molar-refractivity contribution in [3.8, 4) is 10.6 Å². The molecule has 0 atom stereocenters. The standard InChI is InChI=1S/C11H7BrN2O2S2/c12-9-2-1-8(18-9)7-5-14-4-6(3-10(15)16)17-11(14)13-7/h1-2,4-5H,3H2,(H,15,16). The van der Waals surface area contributed by atoms with E-state index in [2.05, 4.69) is 20.9 Å². The molecular formula is C11H7BrN2O2S2. The van der Waals surface area contributed by atoms with Gasteiger partial charge in [-0.05, 0) is 28.1 Å². The SMILES string of the molecule is O=C(O)Cc1cn2cc(-c3ccc(Br)s3)nc2s1. The molecule has 0 aliphatic rings. The lowest BCUT2D eigenvalue weighted by Gasteiger charge is -1.88. The molecule has 0 aliphatic heterocycles. The summed E-state index contributed by atoms with van der Waals surface area (Å²) in [5.41, 5.74) is 0.916. The van der Waals surface area contributed by atoms with Gasteiger partial charge in [0.25, 0.3) is 0 Å². The molecule has 0 amide bonds. The van der Waals surface area contributed by atoms with Crippen molar-refractivity contribution in [1.29, 1.82) is 0 Å². The molecule has 0 unspecified atom stereocenters. The van der Waals surface area contributed by atoms with Gasteiger partial charge in [0.15, 0.2) is 4.96 Å². The Morgan fingerprint density at radius 2 is 2.22 bits per heavy atom. The molecule has 0 saturated heterocycles. The molecule has 0 spiro atoms. The van der Waals surface area contributed by atoms with Crippen LogP contribution >= 0.6 is 38.6 Å². The highest BCUT2D eigenvalue weighted by atomic mass is 79.9. The number of aliphatic carboxylic acids is 1. The minimum Gasteiger partial charge on any atom is -0.481 e. The second-order valence-electron chi connectivity index (χ2n) is 3.69. The maximum absolute atomic E-state index is 10.6. The molecule has 0 saturated carbocycles. The number of carboxylic acid groups (broad SMARTS) is 1. The molecule has 0 radical (unpaired) electrons. The highest BCUT2D eigenvalue weighted by Crippen LogP contribution is 2.32. The Morgan fingerprint density at radius 3 is 2.83 bits per heavy atom. The summed E-state index contributed by atoms with van der Waals surface area (Å²) in [4.78, 5) is 17.9. The van der Waals surface area contributed by atoms with E-state index in [1.807, 2.05) is 28.9 Å². The fraction of sp³-hybridized carbons (Fsp3) is 0.0909. The molecule has 1 N–H and O–H groups in total. The van der Waals surface area contributed by atoms with Crippen LogP contribution in [0.1, 0.15) is 4.88 Å². The van der Waals surface area contributed by atoms with E-state index in [9.17, 15) is 4.79 Å². The number of rotatable bonds is 3. The summed E-state index contributed by atoms with van der Waals surface area (Å²) in [6.45, 7) is 0. The number of carboxylic acids is 1. The topological polar surface area (TPSA) is 54.6 Å². The van der Waals surface area contributed by atoms with Gasteiger partial charge in [-0.1, -0.05) is 0 Å². The quantitative estimate of drug-likeness (QED) is 0.792. The number of carbonyl (C=O) groups is 1. The fourth-order valence-electron chi connectivity index (χ4n) is 1.64. The second kappa shape index (κ2) is 4.49. The van der Waals surface area contributed by atoms with Gasteiger partial charge in [0.2, 0.25) is 0 Å². The predicted octanol–water partition coefficient (Wildman–Crippen LogP) is 3.51. The summed E-state index contributed by atoms with van der Waals surface area (Å²) >= 11 is 6.46. The first kappa shape index (κ1) is 11.9. The first-order chi connectivity index (χ1) is 8.61. The summed E-state index contributed by atoms with van der Waals surface area (Å²) in [5, 5.41) is 8.74. The van der Waals surface area contributed by atoms with E-state index in [4.69, 9.17) is 5.11 Å². The minimum absolute atomic E-state index is 0.0495. The van der Waals surface area contributed by atoms with Gasteiger partial charge < -0.3 is 5.11 Å². The smallest absolute Gasteiger partial charge is 0.308 e. The Morgan fingerprint density at radius 1 is 1.39 bits per heavy atom. The molecule has 0 aromatic carbocycles. The third-order valence-corrected chi connectivity index (χ3v) is 5.00. The number of hydrogen-bond donors (Lipinski definition) is 1. The van der Waals surface area contributed by atoms with Gasteiger partial charge in [0.05, 0.1) is 15.1 Å². The highest BCUT2D eigenvalue weighted by molar-refractivity contribution is 9.11. The number of thiazole rings is 1. The average Bonchev–Trinajstić information content (AvgIpc) is 2.90. The first-order valence-corrected chi connectivity index (χ1v) is 7.49. The molecular weight excluding hydrogens is 336 g/mol. The molecule has 4 nitrogen and oxygen atoms in total. The summed E-state index contributed by atoms with van der Waals surface area (Å²) in [7, 11) is 0. The number of nitrogens with zero attached hydrogens (tertiary/aromatic N) is 2. The van der Waals surface area contributed by atoms with Crippen LogP contribution in [0.2, 0.25) is 0 Å². The maximum Gasteiger partial charge on any atom is 0.308 e. The van der Waals surface area contributed by atoms with Gasteiger partial charge in [0, 0.05) is 17.3 Å². The van der Waals surface area contributed by atoms with Crippen molar-refractivity contribution in [1.82, 2.24) is 9.38 Å². The van der Waals surface area contributed by atoms with Crippen LogP contribution in [0.5, 0.6) is 0 Å². The zero-order chi connectivity index (χ0) is 12.7. The van der Waals surface area contributed by atoms with Crippen LogP contribution in [0, 0.1) is 0 Å². The van der Waals surface area contributed by atoms with Gasteiger partial charge >= 0.3 is 5.97 Å². The molecule has 0 fully saturated rings. The first-order valence-electron chi connectivity index (χ1n) is 5.07. The molecule has 0 bridgehead atoms. The molecule has 3 aromatic heterocycles. The Balaban J connectivity index is 1.98. The number of halogens is 1. The highest BCUT2D eigenvalue weighted by Gasteiger charge is 2.11. The molecule has 3 rings (SSSR count). The van der Waals surface area contributed by atoms with E-state index < -0.39 is 5.97 Å². The van der Waals surface area contributed by atoms with Crippen LogP contribution in [0.15, 0.2) is 28.3 Å². The molecule has 3 aromatic rings. The van der Waals surface area contributed by atoms with Crippen molar-refractivity contribution in [2.75, 3.05) is 0 Å². The normalized spacial score (nSPS) is 11.2. The van der Waals surface area contributed by atoms with Crippen molar-refractivity contribution in [2.24, 2.45) is 0 Å². The third-order valence-electron chi connectivity index (χ3n) is 2.35. The number of fused-ring (bicyclic) bond motifs is 1. The Labute approximate surface area is 119 Å². The van der Waals surface area contributed by atoms with E-state index >= 15 is 0 Å². The van der Waals surface area contributed by atoms with Crippen molar-refractivity contribution < 1.29 is 9.90 Å². The summed E-state index contributed by atoms with van der Waals surface area (Å²) < 4.78 is 2.95. The van der Waals surface area contributed by atoms with Gasteiger partial charge in [-0.25, -0.2) is 4.98 Å². The molecule has 3 heterocycles. The molecule has 18 heavy (non-hydrogen) atoms. The van der Waals surface area contributed by atoms with Gasteiger partial charge in [0.1, 0.15) is 5.69 Å². The zero-order valence-electron chi connectivity index (χ0n) is 8.96. The fourth-order valence-corrected chi connectivity index (χ4v) is 3.94. The van der Waals surface area contributed by atoms with Crippen LogP contribution in [-0.4, -0.2) is 20.5 Å². The van der Waals surface area contributed by atoms with E-state index in [1.54, 1.807) is 11.3 Å². The van der Waals surface area contributed by atoms with Crippen molar-refractivity contribution in [3.05, 3.63) is 33.2 Å². The average molecular weight is 343 g/mol. The Hall–Kier alpha value is -1.18. The van der Waals surface area contributed by atoms with Crippen LogP contribution in [0.4, 0.5) is 0 Å². The van der Waals surface area contributed by atoms with E-state index in [0.717, 1.165) is 24.2 Å². The lowest BCUT2D eigenvalue weighted by molar-refractivity contribution is -0.136. The number of hydrogen-bond acceptors (Lipinski definition) is 4. The summed E-state index contributed by atoms with van der Waals surface area (Å²) in [5.74, 6) is -0.818. The lowest BCUT2D eigenvalue weighted by Crippen LogP contribution is -1.97. The van der Waals surface area contributed by atoms with E-state index in [1.165, 1.54) is 11.3 Å². The van der Waals surface area contributed by atoms with Crippen molar-refractivity contribution in [3.63, 3.8) is 0 Å². The van der Waals surface area contributed by atoms with Crippen molar-refractivity contribution in [2.45, 2.75) is 6.42 Å². The maximum atomic E-state index is 10.6. The number of aromatic nitrogens is 2.